The number of fused-ring (bicyclic) bond motifs is 2. The number of nitrogens with one attached hydrogen (secondary N) is 1. The van der Waals surface area contributed by atoms with Crippen LogP contribution in [0.5, 0.6) is 11.5 Å². The Balaban J connectivity index is 1.53. The largest absolute Gasteiger partial charge is 0.454 e. The Morgan fingerprint density at radius 1 is 1.19 bits per heavy atom. The van der Waals surface area contributed by atoms with Gasteiger partial charge in [0.05, 0.1) is 0 Å². The molecule has 4 rings (SSSR count). The van der Waals surface area contributed by atoms with Gasteiger partial charge >= 0.3 is 0 Å². The number of rotatable bonds is 5. The molecule has 0 unspecified atom stereocenters. The Morgan fingerprint density at radius 3 is 2.81 bits per heavy atom. The Labute approximate surface area is 151 Å². The molecule has 2 heterocycles. The molecule has 2 aliphatic heterocycles. The van der Waals surface area contributed by atoms with Crippen molar-refractivity contribution in [3.05, 3.63) is 53.6 Å². The summed E-state index contributed by atoms with van der Waals surface area (Å²) in [7, 11) is 0. The fourth-order valence-electron chi connectivity index (χ4n) is 3.43. The second-order valence-corrected chi connectivity index (χ2v) is 6.45. The molecule has 0 fully saturated rings. The van der Waals surface area contributed by atoms with Crippen LogP contribution in [0.2, 0.25) is 0 Å². The van der Waals surface area contributed by atoms with Crippen molar-refractivity contribution in [3.63, 3.8) is 0 Å². The van der Waals surface area contributed by atoms with Crippen LogP contribution in [-0.2, 0) is 11.3 Å². The molecule has 2 aromatic carbocycles. The molecule has 0 aliphatic carbocycles. The first-order chi connectivity index (χ1) is 12.7. The molecular weight excluding hydrogens is 332 g/mol. The standard InChI is InChI=1S/C20H20N2O4/c1-2-5-16(22-11-13-6-3-4-7-15(13)20(22)24)19(23)21-14-8-9-17-18(10-14)26-12-25-17/h3-4,6-10,16H,2,5,11-12H2,1H3,(H,21,23)/t16-/m1/s1. The van der Waals surface area contributed by atoms with E-state index in [9.17, 15) is 9.59 Å². The quantitative estimate of drug-likeness (QED) is 0.897. The number of carbonyl (C=O) groups excluding carboxylic acids is 2. The lowest BCUT2D eigenvalue weighted by Crippen LogP contribution is -2.44. The zero-order chi connectivity index (χ0) is 18.1. The maximum Gasteiger partial charge on any atom is 0.255 e. The third-order valence-electron chi connectivity index (χ3n) is 4.73. The van der Waals surface area contributed by atoms with Crippen molar-refractivity contribution in [2.75, 3.05) is 12.1 Å². The lowest BCUT2D eigenvalue weighted by molar-refractivity contribution is -0.120. The van der Waals surface area contributed by atoms with Gasteiger partial charge in [-0.15, -0.1) is 0 Å². The van der Waals surface area contributed by atoms with E-state index in [1.54, 1.807) is 23.1 Å². The molecule has 0 bridgehead atoms. The van der Waals surface area contributed by atoms with Gasteiger partial charge in [0.2, 0.25) is 12.7 Å². The number of amides is 2. The van der Waals surface area contributed by atoms with Crippen molar-refractivity contribution in [1.82, 2.24) is 4.90 Å². The van der Waals surface area contributed by atoms with Gasteiger partial charge in [0.25, 0.3) is 5.91 Å². The molecule has 0 saturated carbocycles. The normalized spacial score (nSPS) is 15.7. The van der Waals surface area contributed by atoms with E-state index in [-0.39, 0.29) is 18.6 Å². The minimum atomic E-state index is -0.509. The minimum absolute atomic E-state index is 0.0834. The Kier molecular flexibility index (Phi) is 4.24. The molecule has 0 radical (unpaired) electrons. The molecular formula is C20H20N2O4. The van der Waals surface area contributed by atoms with Gasteiger partial charge in [-0.25, -0.2) is 0 Å². The van der Waals surface area contributed by atoms with Crippen LogP contribution in [0.15, 0.2) is 42.5 Å². The van der Waals surface area contributed by atoms with E-state index in [0.29, 0.717) is 35.7 Å². The second-order valence-electron chi connectivity index (χ2n) is 6.45. The molecule has 1 N–H and O–H groups in total. The maximum absolute atomic E-state index is 12.9. The summed E-state index contributed by atoms with van der Waals surface area (Å²) in [5.41, 5.74) is 2.28. The zero-order valence-corrected chi connectivity index (χ0v) is 14.5. The minimum Gasteiger partial charge on any atom is -0.454 e. The molecule has 2 aliphatic rings. The molecule has 26 heavy (non-hydrogen) atoms. The summed E-state index contributed by atoms with van der Waals surface area (Å²) in [5, 5.41) is 2.91. The van der Waals surface area contributed by atoms with Crippen molar-refractivity contribution in [3.8, 4) is 11.5 Å². The SMILES string of the molecule is CCC[C@H](C(=O)Nc1ccc2c(c1)OCO2)N1Cc2ccccc2C1=O. The first-order valence-corrected chi connectivity index (χ1v) is 8.76. The number of hydrogen-bond acceptors (Lipinski definition) is 4. The van der Waals surface area contributed by atoms with Crippen molar-refractivity contribution in [2.45, 2.75) is 32.4 Å². The summed E-state index contributed by atoms with van der Waals surface area (Å²) in [6.07, 6.45) is 1.41. The molecule has 0 spiro atoms. The first-order valence-electron chi connectivity index (χ1n) is 8.76. The summed E-state index contributed by atoms with van der Waals surface area (Å²) >= 11 is 0. The van der Waals surface area contributed by atoms with Crippen LogP contribution in [0, 0.1) is 0 Å². The van der Waals surface area contributed by atoms with Gasteiger partial charge in [-0.3, -0.25) is 9.59 Å². The maximum atomic E-state index is 12.9. The molecule has 0 aromatic heterocycles. The van der Waals surface area contributed by atoms with Gasteiger partial charge in [-0.1, -0.05) is 31.5 Å². The molecule has 0 saturated heterocycles. The van der Waals surface area contributed by atoms with Crippen LogP contribution < -0.4 is 14.8 Å². The summed E-state index contributed by atoms with van der Waals surface area (Å²) in [6, 6.07) is 12.3. The van der Waals surface area contributed by atoms with E-state index in [4.69, 9.17) is 9.47 Å². The van der Waals surface area contributed by atoms with E-state index in [0.717, 1.165) is 12.0 Å². The van der Waals surface area contributed by atoms with E-state index < -0.39 is 6.04 Å². The van der Waals surface area contributed by atoms with Crippen LogP contribution in [0.4, 0.5) is 5.69 Å². The summed E-state index contributed by atoms with van der Waals surface area (Å²) in [4.78, 5) is 27.3. The lowest BCUT2D eigenvalue weighted by Gasteiger charge is -2.26. The number of hydrogen-bond donors (Lipinski definition) is 1. The van der Waals surface area contributed by atoms with Crippen LogP contribution in [0.1, 0.15) is 35.7 Å². The van der Waals surface area contributed by atoms with E-state index in [1.807, 2.05) is 31.2 Å². The molecule has 134 valence electrons. The van der Waals surface area contributed by atoms with Crippen molar-refractivity contribution < 1.29 is 19.1 Å². The van der Waals surface area contributed by atoms with E-state index >= 15 is 0 Å². The van der Waals surface area contributed by atoms with E-state index in [2.05, 4.69) is 5.32 Å². The Bertz CT molecular complexity index is 865. The van der Waals surface area contributed by atoms with E-state index in [1.165, 1.54) is 0 Å². The van der Waals surface area contributed by atoms with Crippen LogP contribution in [-0.4, -0.2) is 29.5 Å². The fraction of sp³-hybridized carbons (Fsp3) is 0.300. The predicted octanol–water partition coefficient (Wildman–Crippen LogP) is 3.18. The molecule has 2 amide bonds. The lowest BCUT2D eigenvalue weighted by atomic mass is 10.1. The van der Waals surface area contributed by atoms with Gasteiger partial charge in [0.1, 0.15) is 6.04 Å². The highest BCUT2D eigenvalue weighted by Crippen LogP contribution is 2.34. The van der Waals surface area contributed by atoms with Crippen LogP contribution in [0.25, 0.3) is 0 Å². The first kappa shape index (κ1) is 16.4. The number of carbonyl (C=O) groups is 2. The molecule has 6 nitrogen and oxygen atoms in total. The highest BCUT2D eigenvalue weighted by Gasteiger charge is 2.35. The number of benzene rings is 2. The highest BCUT2D eigenvalue weighted by atomic mass is 16.7. The molecule has 1 atom stereocenters. The van der Waals surface area contributed by atoms with Gasteiger partial charge in [0.15, 0.2) is 11.5 Å². The third kappa shape index (κ3) is 2.87. The van der Waals surface area contributed by atoms with Gasteiger partial charge in [-0.2, -0.15) is 0 Å². The topological polar surface area (TPSA) is 67.9 Å². The van der Waals surface area contributed by atoms with Crippen molar-refractivity contribution in [1.29, 1.82) is 0 Å². The van der Waals surface area contributed by atoms with Gasteiger partial charge in [-0.05, 0) is 30.2 Å². The van der Waals surface area contributed by atoms with Gasteiger partial charge in [0, 0.05) is 23.9 Å². The average Bonchev–Trinajstić information content (AvgIpc) is 3.24. The monoisotopic (exact) mass is 352 g/mol. The molecule has 6 heteroatoms. The average molecular weight is 352 g/mol. The van der Waals surface area contributed by atoms with Gasteiger partial charge < -0.3 is 19.7 Å². The van der Waals surface area contributed by atoms with Crippen LogP contribution in [0.3, 0.4) is 0 Å². The molecule has 2 aromatic rings. The smallest absolute Gasteiger partial charge is 0.255 e. The fourth-order valence-corrected chi connectivity index (χ4v) is 3.43. The second kappa shape index (κ2) is 6.71. The number of anilines is 1. The highest BCUT2D eigenvalue weighted by molar-refractivity contribution is 6.03. The Morgan fingerprint density at radius 2 is 2.00 bits per heavy atom. The predicted molar refractivity (Wildman–Crippen MR) is 96.2 cm³/mol. The van der Waals surface area contributed by atoms with Crippen molar-refractivity contribution >= 4 is 17.5 Å². The zero-order valence-electron chi connectivity index (χ0n) is 14.5. The van der Waals surface area contributed by atoms with Crippen molar-refractivity contribution in [2.24, 2.45) is 0 Å². The summed E-state index contributed by atoms with van der Waals surface area (Å²) in [6.45, 7) is 2.66. The number of ether oxygens (including phenoxy) is 2. The summed E-state index contributed by atoms with van der Waals surface area (Å²) < 4.78 is 10.6. The Hall–Kier alpha value is -3.02. The van der Waals surface area contributed by atoms with Crippen LogP contribution >= 0.6 is 0 Å². The third-order valence-corrected chi connectivity index (χ3v) is 4.73. The summed E-state index contributed by atoms with van der Waals surface area (Å²) in [5.74, 6) is 1.00. The number of nitrogens with zero attached hydrogens (tertiary/aromatic N) is 1.